The molecule has 0 saturated heterocycles. The summed E-state index contributed by atoms with van der Waals surface area (Å²) >= 11 is 6.17. The Morgan fingerprint density at radius 3 is 2.20 bits per heavy atom. The SMILES string of the molecule is Cc1cc(C(F)(F)F)ccc1-c1ccc(CN)cc1Cl. The van der Waals surface area contributed by atoms with Gasteiger partial charge < -0.3 is 5.73 Å². The molecule has 2 aromatic rings. The van der Waals surface area contributed by atoms with Crippen molar-refractivity contribution in [2.24, 2.45) is 5.73 Å². The largest absolute Gasteiger partial charge is 0.416 e. The van der Waals surface area contributed by atoms with Gasteiger partial charge >= 0.3 is 6.18 Å². The fourth-order valence-electron chi connectivity index (χ4n) is 2.05. The fraction of sp³-hybridized carbons (Fsp3) is 0.200. The van der Waals surface area contributed by atoms with Crippen LogP contribution in [0.25, 0.3) is 11.1 Å². The molecular weight excluding hydrogens is 287 g/mol. The number of hydrogen-bond acceptors (Lipinski definition) is 1. The molecule has 0 saturated carbocycles. The maximum atomic E-state index is 12.6. The van der Waals surface area contributed by atoms with E-state index in [4.69, 9.17) is 17.3 Å². The van der Waals surface area contributed by atoms with Crippen molar-refractivity contribution < 1.29 is 13.2 Å². The van der Waals surface area contributed by atoms with E-state index in [1.165, 1.54) is 6.07 Å². The predicted molar refractivity (Wildman–Crippen MR) is 74.5 cm³/mol. The van der Waals surface area contributed by atoms with Gasteiger partial charge in [-0.2, -0.15) is 13.2 Å². The minimum Gasteiger partial charge on any atom is -0.326 e. The highest BCUT2D eigenvalue weighted by molar-refractivity contribution is 6.33. The lowest BCUT2D eigenvalue weighted by Gasteiger charge is -2.13. The third-order valence-electron chi connectivity index (χ3n) is 3.11. The number of alkyl halides is 3. The summed E-state index contributed by atoms with van der Waals surface area (Å²) in [5.41, 5.74) is 7.66. The highest BCUT2D eigenvalue weighted by Crippen LogP contribution is 2.35. The molecule has 0 aliphatic carbocycles. The van der Waals surface area contributed by atoms with Crippen LogP contribution in [0.3, 0.4) is 0 Å². The first kappa shape index (κ1) is 14.9. The van der Waals surface area contributed by atoms with Crippen LogP contribution in [0.5, 0.6) is 0 Å². The molecule has 5 heteroatoms. The third-order valence-corrected chi connectivity index (χ3v) is 3.43. The van der Waals surface area contributed by atoms with Gasteiger partial charge in [0, 0.05) is 17.1 Å². The average Bonchev–Trinajstić information content (AvgIpc) is 2.38. The van der Waals surface area contributed by atoms with Crippen molar-refractivity contribution in [1.82, 2.24) is 0 Å². The molecule has 2 aromatic carbocycles. The molecule has 0 aliphatic heterocycles. The van der Waals surface area contributed by atoms with Crippen molar-refractivity contribution in [2.45, 2.75) is 19.6 Å². The van der Waals surface area contributed by atoms with Crippen LogP contribution < -0.4 is 5.73 Å². The van der Waals surface area contributed by atoms with Gasteiger partial charge in [-0.3, -0.25) is 0 Å². The Morgan fingerprint density at radius 2 is 1.70 bits per heavy atom. The van der Waals surface area contributed by atoms with Gasteiger partial charge in [0.15, 0.2) is 0 Å². The van der Waals surface area contributed by atoms with Crippen LogP contribution in [0.4, 0.5) is 13.2 Å². The monoisotopic (exact) mass is 299 g/mol. The molecule has 0 spiro atoms. The summed E-state index contributed by atoms with van der Waals surface area (Å²) < 4.78 is 37.9. The van der Waals surface area contributed by atoms with Gasteiger partial charge in [0.2, 0.25) is 0 Å². The van der Waals surface area contributed by atoms with Crippen molar-refractivity contribution in [3.63, 3.8) is 0 Å². The molecule has 106 valence electrons. The minimum absolute atomic E-state index is 0.367. The highest BCUT2D eigenvalue weighted by atomic mass is 35.5. The van der Waals surface area contributed by atoms with Crippen LogP contribution >= 0.6 is 11.6 Å². The lowest BCUT2D eigenvalue weighted by molar-refractivity contribution is -0.137. The van der Waals surface area contributed by atoms with Crippen LogP contribution in [0, 0.1) is 6.92 Å². The Bertz CT molecular complexity index is 636. The number of halogens is 4. The van der Waals surface area contributed by atoms with E-state index in [-0.39, 0.29) is 0 Å². The molecule has 2 N–H and O–H groups in total. The van der Waals surface area contributed by atoms with Crippen molar-refractivity contribution in [3.8, 4) is 11.1 Å². The molecule has 1 nitrogen and oxygen atoms in total. The summed E-state index contributed by atoms with van der Waals surface area (Å²) in [4.78, 5) is 0. The van der Waals surface area contributed by atoms with Gasteiger partial charge in [-0.05, 0) is 41.8 Å². The Balaban J connectivity index is 2.49. The Hall–Kier alpha value is -1.52. The van der Waals surface area contributed by atoms with Crippen molar-refractivity contribution >= 4 is 11.6 Å². The second-order valence-corrected chi connectivity index (χ2v) is 4.95. The number of hydrogen-bond donors (Lipinski definition) is 1. The average molecular weight is 300 g/mol. The summed E-state index contributed by atoms with van der Waals surface area (Å²) in [5, 5.41) is 0.482. The zero-order chi connectivity index (χ0) is 14.9. The summed E-state index contributed by atoms with van der Waals surface area (Å²) in [6.07, 6.45) is -4.34. The molecule has 0 fully saturated rings. The van der Waals surface area contributed by atoms with Crippen LogP contribution in [0.2, 0.25) is 5.02 Å². The van der Waals surface area contributed by atoms with Gasteiger partial charge in [-0.25, -0.2) is 0 Å². The van der Waals surface area contributed by atoms with Gasteiger partial charge in [-0.15, -0.1) is 0 Å². The maximum Gasteiger partial charge on any atom is 0.416 e. The Labute approximate surface area is 120 Å². The van der Waals surface area contributed by atoms with Gasteiger partial charge in [0.25, 0.3) is 0 Å². The molecule has 0 radical (unpaired) electrons. The van der Waals surface area contributed by atoms with Crippen molar-refractivity contribution in [1.29, 1.82) is 0 Å². The quantitative estimate of drug-likeness (QED) is 0.847. The summed E-state index contributed by atoms with van der Waals surface area (Å²) in [6.45, 7) is 2.00. The lowest BCUT2D eigenvalue weighted by Crippen LogP contribution is -2.05. The minimum atomic E-state index is -4.34. The molecule has 0 aromatic heterocycles. The fourth-order valence-corrected chi connectivity index (χ4v) is 2.35. The smallest absolute Gasteiger partial charge is 0.326 e. The topological polar surface area (TPSA) is 26.0 Å². The van der Waals surface area contributed by atoms with Crippen LogP contribution in [-0.4, -0.2) is 0 Å². The Morgan fingerprint density at radius 1 is 1.05 bits per heavy atom. The molecule has 20 heavy (non-hydrogen) atoms. The van der Waals surface area contributed by atoms with Crippen molar-refractivity contribution in [3.05, 3.63) is 58.1 Å². The summed E-state index contributed by atoms with van der Waals surface area (Å²) in [7, 11) is 0. The van der Waals surface area contributed by atoms with Gasteiger partial charge in [-0.1, -0.05) is 29.8 Å². The van der Waals surface area contributed by atoms with E-state index in [9.17, 15) is 13.2 Å². The molecule has 0 aliphatic rings. The standard InChI is InChI=1S/C15H13ClF3N/c1-9-6-11(15(17,18)19)3-5-12(9)13-4-2-10(8-20)7-14(13)16/h2-7H,8,20H2,1H3. The molecule has 0 heterocycles. The maximum absolute atomic E-state index is 12.6. The second-order valence-electron chi connectivity index (χ2n) is 4.55. The normalized spacial score (nSPS) is 11.7. The first-order valence-corrected chi connectivity index (χ1v) is 6.37. The van der Waals surface area contributed by atoms with Crippen LogP contribution in [-0.2, 0) is 12.7 Å². The van der Waals surface area contributed by atoms with E-state index in [2.05, 4.69) is 0 Å². The van der Waals surface area contributed by atoms with Gasteiger partial charge in [0.05, 0.1) is 5.56 Å². The molecule has 0 unspecified atom stereocenters. The number of rotatable bonds is 2. The number of benzene rings is 2. The first-order valence-electron chi connectivity index (χ1n) is 5.99. The van der Waals surface area contributed by atoms with Crippen LogP contribution in [0.15, 0.2) is 36.4 Å². The number of nitrogens with two attached hydrogens (primary N) is 1. The van der Waals surface area contributed by atoms with Crippen molar-refractivity contribution in [2.75, 3.05) is 0 Å². The third kappa shape index (κ3) is 2.97. The highest BCUT2D eigenvalue weighted by Gasteiger charge is 2.30. The van der Waals surface area contributed by atoms with E-state index in [0.29, 0.717) is 28.3 Å². The summed E-state index contributed by atoms with van der Waals surface area (Å²) in [6, 6.07) is 8.96. The lowest BCUT2D eigenvalue weighted by atomic mass is 9.97. The molecular formula is C15H13ClF3N. The number of aryl methyl sites for hydroxylation is 1. The van der Waals surface area contributed by atoms with E-state index in [1.807, 2.05) is 6.07 Å². The predicted octanol–water partition coefficient (Wildman–Crippen LogP) is 4.79. The molecule has 0 bridgehead atoms. The van der Waals surface area contributed by atoms with E-state index in [0.717, 1.165) is 17.7 Å². The molecule has 2 rings (SSSR count). The van der Waals surface area contributed by atoms with E-state index < -0.39 is 11.7 Å². The Kier molecular flexibility index (Phi) is 4.06. The summed E-state index contributed by atoms with van der Waals surface area (Å²) in [5.74, 6) is 0. The first-order chi connectivity index (χ1) is 9.32. The van der Waals surface area contributed by atoms with E-state index in [1.54, 1.807) is 19.1 Å². The second kappa shape index (κ2) is 5.46. The van der Waals surface area contributed by atoms with E-state index >= 15 is 0 Å². The molecule has 0 atom stereocenters. The van der Waals surface area contributed by atoms with Crippen LogP contribution in [0.1, 0.15) is 16.7 Å². The zero-order valence-electron chi connectivity index (χ0n) is 10.8. The van der Waals surface area contributed by atoms with Gasteiger partial charge in [0.1, 0.15) is 0 Å². The zero-order valence-corrected chi connectivity index (χ0v) is 11.5. The molecule has 0 amide bonds.